The van der Waals surface area contributed by atoms with Crippen LogP contribution in [0, 0.1) is 6.92 Å². The van der Waals surface area contributed by atoms with Crippen molar-refractivity contribution in [3.8, 4) is 5.75 Å². The Kier molecular flexibility index (Phi) is 3.94. The van der Waals surface area contributed by atoms with Crippen LogP contribution in [0.1, 0.15) is 12.5 Å². The van der Waals surface area contributed by atoms with E-state index < -0.39 is 0 Å². The number of hydrogen-bond donors (Lipinski definition) is 2. The summed E-state index contributed by atoms with van der Waals surface area (Å²) in [5, 5.41) is 0. The van der Waals surface area contributed by atoms with Crippen molar-refractivity contribution in [2.24, 2.45) is 5.84 Å². The Morgan fingerprint density at radius 3 is 2.80 bits per heavy atom. The molecule has 0 spiro atoms. The molecule has 1 rings (SSSR count). The van der Waals surface area contributed by atoms with Crippen LogP contribution in [0.15, 0.2) is 42.7 Å². The first kappa shape index (κ1) is 11.3. The fraction of sp³-hybridized carbons (Fsp3) is 0.167. The molecule has 0 radical (unpaired) electrons. The molecule has 0 aromatic heterocycles. The van der Waals surface area contributed by atoms with E-state index in [-0.39, 0.29) is 0 Å². The van der Waals surface area contributed by atoms with Crippen LogP contribution in [0.3, 0.4) is 0 Å². The molecule has 0 atom stereocenters. The highest BCUT2D eigenvalue weighted by molar-refractivity contribution is 5.52. The molecule has 3 heteroatoms. The molecular formula is C12H16N2O. The van der Waals surface area contributed by atoms with Gasteiger partial charge in [0.2, 0.25) is 0 Å². The Bertz CT molecular complexity index is 383. The lowest BCUT2D eigenvalue weighted by atomic mass is 10.2. The van der Waals surface area contributed by atoms with Crippen molar-refractivity contribution >= 4 is 5.69 Å². The zero-order valence-corrected chi connectivity index (χ0v) is 9.08. The molecule has 0 saturated heterocycles. The van der Waals surface area contributed by atoms with Gasteiger partial charge in [-0.25, -0.2) is 0 Å². The summed E-state index contributed by atoms with van der Waals surface area (Å²) in [5.74, 6) is 6.71. The van der Waals surface area contributed by atoms with E-state index in [1.807, 2.05) is 44.2 Å². The molecule has 3 N–H and O–H groups in total. The fourth-order valence-corrected chi connectivity index (χ4v) is 1.23. The first-order valence-electron chi connectivity index (χ1n) is 4.74. The molecule has 3 nitrogen and oxygen atoms in total. The third kappa shape index (κ3) is 3.14. The van der Waals surface area contributed by atoms with Gasteiger partial charge in [0.25, 0.3) is 0 Å². The van der Waals surface area contributed by atoms with Crippen LogP contribution in [0.5, 0.6) is 5.75 Å². The summed E-state index contributed by atoms with van der Waals surface area (Å²) in [5.41, 5.74) is 4.53. The molecule has 0 fully saturated rings. The maximum Gasteiger partial charge on any atom is 0.127 e. The van der Waals surface area contributed by atoms with Crippen molar-refractivity contribution in [3.05, 3.63) is 48.3 Å². The van der Waals surface area contributed by atoms with E-state index in [4.69, 9.17) is 10.6 Å². The zero-order valence-electron chi connectivity index (χ0n) is 9.08. The third-order valence-electron chi connectivity index (χ3n) is 1.95. The largest absolute Gasteiger partial charge is 0.458 e. The number of benzene rings is 1. The number of hydrogen-bond acceptors (Lipinski definition) is 3. The number of allylic oxidation sites excluding steroid dienone is 2. The number of ether oxygens (including phenoxy) is 1. The van der Waals surface area contributed by atoms with Crippen molar-refractivity contribution in [1.82, 2.24) is 0 Å². The van der Waals surface area contributed by atoms with Gasteiger partial charge in [-0.05, 0) is 43.7 Å². The summed E-state index contributed by atoms with van der Waals surface area (Å²) < 4.78 is 5.49. The van der Waals surface area contributed by atoms with E-state index >= 15 is 0 Å². The topological polar surface area (TPSA) is 47.3 Å². The monoisotopic (exact) mass is 204 g/mol. The van der Waals surface area contributed by atoms with Crippen molar-refractivity contribution in [2.75, 3.05) is 5.43 Å². The molecule has 0 bridgehead atoms. The van der Waals surface area contributed by atoms with Gasteiger partial charge < -0.3 is 10.2 Å². The van der Waals surface area contributed by atoms with Gasteiger partial charge in [-0.2, -0.15) is 0 Å². The van der Waals surface area contributed by atoms with Crippen molar-refractivity contribution in [1.29, 1.82) is 0 Å². The van der Waals surface area contributed by atoms with Crippen LogP contribution in [0.25, 0.3) is 0 Å². The maximum absolute atomic E-state index is 5.49. The second-order valence-corrected chi connectivity index (χ2v) is 3.19. The fourth-order valence-electron chi connectivity index (χ4n) is 1.23. The number of rotatable bonds is 4. The van der Waals surface area contributed by atoms with E-state index in [0.29, 0.717) is 5.76 Å². The van der Waals surface area contributed by atoms with E-state index in [1.165, 1.54) is 0 Å². The van der Waals surface area contributed by atoms with Crippen LogP contribution >= 0.6 is 0 Å². The first-order chi connectivity index (χ1) is 7.17. The number of anilines is 1. The Balaban J connectivity index is 2.79. The summed E-state index contributed by atoms with van der Waals surface area (Å²) in [6, 6.07) is 5.62. The zero-order chi connectivity index (χ0) is 11.3. The van der Waals surface area contributed by atoms with Gasteiger partial charge in [0.15, 0.2) is 0 Å². The number of nitrogens with one attached hydrogen (secondary N) is 1. The van der Waals surface area contributed by atoms with Gasteiger partial charge >= 0.3 is 0 Å². The average molecular weight is 204 g/mol. The molecular weight excluding hydrogens is 188 g/mol. The molecule has 0 aliphatic rings. The van der Waals surface area contributed by atoms with Crippen molar-refractivity contribution in [3.63, 3.8) is 0 Å². The van der Waals surface area contributed by atoms with Crippen molar-refractivity contribution in [2.45, 2.75) is 13.8 Å². The number of aryl methyl sites for hydroxylation is 1. The molecule has 0 aliphatic heterocycles. The van der Waals surface area contributed by atoms with Crippen LogP contribution in [0.4, 0.5) is 5.69 Å². The minimum atomic E-state index is 0.616. The van der Waals surface area contributed by atoms with E-state index in [1.54, 1.807) is 0 Å². The predicted molar refractivity (Wildman–Crippen MR) is 63.6 cm³/mol. The lowest BCUT2D eigenvalue weighted by Crippen LogP contribution is -2.07. The minimum Gasteiger partial charge on any atom is -0.458 e. The van der Waals surface area contributed by atoms with Crippen LogP contribution in [-0.4, -0.2) is 0 Å². The summed E-state index contributed by atoms with van der Waals surface area (Å²) in [6.07, 6.45) is 3.69. The van der Waals surface area contributed by atoms with E-state index in [2.05, 4.69) is 12.0 Å². The maximum atomic E-state index is 5.49. The summed E-state index contributed by atoms with van der Waals surface area (Å²) in [7, 11) is 0. The Morgan fingerprint density at radius 1 is 1.53 bits per heavy atom. The summed E-state index contributed by atoms with van der Waals surface area (Å²) in [4.78, 5) is 0. The average Bonchev–Trinajstić information content (AvgIpc) is 2.18. The lowest BCUT2D eigenvalue weighted by Gasteiger charge is -2.09. The predicted octanol–water partition coefficient (Wildman–Crippen LogP) is 2.75. The molecule has 0 amide bonds. The SMILES string of the molecule is C=C(/C=C\C)Oc1ccc(NN)c(C)c1. The molecule has 0 saturated carbocycles. The Hall–Kier alpha value is -1.74. The molecule has 15 heavy (non-hydrogen) atoms. The Morgan fingerprint density at radius 2 is 2.27 bits per heavy atom. The third-order valence-corrected chi connectivity index (χ3v) is 1.95. The first-order valence-corrected chi connectivity index (χ1v) is 4.74. The molecule has 0 heterocycles. The second kappa shape index (κ2) is 5.22. The molecule has 1 aromatic carbocycles. The standard InChI is InChI=1S/C12H16N2O/c1-4-5-10(3)15-11-6-7-12(14-13)9(2)8-11/h4-8,14H,3,13H2,1-2H3/b5-4-. The van der Waals surface area contributed by atoms with Crippen molar-refractivity contribution < 1.29 is 4.74 Å². The van der Waals surface area contributed by atoms with E-state index in [9.17, 15) is 0 Å². The quantitative estimate of drug-likeness (QED) is 0.343. The summed E-state index contributed by atoms with van der Waals surface area (Å²) in [6.45, 7) is 7.64. The Labute approximate surface area is 90.2 Å². The molecule has 80 valence electrons. The highest BCUT2D eigenvalue weighted by Gasteiger charge is 1.99. The minimum absolute atomic E-state index is 0.616. The van der Waals surface area contributed by atoms with Gasteiger partial charge in [0.05, 0.1) is 5.69 Å². The number of hydrazine groups is 1. The van der Waals surface area contributed by atoms with Gasteiger partial charge in [-0.15, -0.1) is 0 Å². The normalized spacial score (nSPS) is 10.3. The smallest absolute Gasteiger partial charge is 0.127 e. The van der Waals surface area contributed by atoms with Crippen LogP contribution in [0.2, 0.25) is 0 Å². The molecule has 1 aromatic rings. The van der Waals surface area contributed by atoms with E-state index in [0.717, 1.165) is 17.0 Å². The van der Waals surface area contributed by atoms with Crippen LogP contribution < -0.4 is 16.0 Å². The van der Waals surface area contributed by atoms with Gasteiger partial charge in [0, 0.05) is 0 Å². The molecule has 0 aliphatic carbocycles. The summed E-state index contributed by atoms with van der Waals surface area (Å²) >= 11 is 0. The molecule has 0 unspecified atom stereocenters. The van der Waals surface area contributed by atoms with Crippen LogP contribution in [-0.2, 0) is 0 Å². The number of nitrogen functional groups attached to an aromatic ring is 1. The van der Waals surface area contributed by atoms with Gasteiger partial charge in [0.1, 0.15) is 11.5 Å². The second-order valence-electron chi connectivity index (χ2n) is 3.19. The lowest BCUT2D eigenvalue weighted by molar-refractivity contribution is 0.446. The highest BCUT2D eigenvalue weighted by atomic mass is 16.5. The number of nitrogens with two attached hydrogens (primary N) is 1. The van der Waals surface area contributed by atoms with Gasteiger partial charge in [-0.1, -0.05) is 12.7 Å². The van der Waals surface area contributed by atoms with Gasteiger partial charge in [-0.3, -0.25) is 5.84 Å². The highest BCUT2D eigenvalue weighted by Crippen LogP contribution is 2.21.